The third kappa shape index (κ3) is 6.90. The molecule has 0 radical (unpaired) electrons. The van der Waals surface area contributed by atoms with Gasteiger partial charge >= 0.3 is 0 Å². The van der Waals surface area contributed by atoms with E-state index in [1.807, 2.05) is 46.4 Å². The molecule has 0 saturated carbocycles. The summed E-state index contributed by atoms with van der Waals surface area (Å²) in [7, 11) is 0. The maximum atomic E-state index is 11.6. The molecule has 2 aliphatic heterocycles. The van der Waals surface area contributed by atoms with Gasteiger partial charge in [0.1, 0.15) is 0 Å². The number of hydrogen-bond acceptors (Lipinski definition) is 3. The van der Waals surface area contributed by atoms with E-state index in [1.165, 1.54) is 12.8 Å². The summed E-state index contributed by atoms with van der Waals surface area (Å²) in [4.78, 5) is 25.0. The molecule has 1 N–H and O–H groups in total. The Bertz CT molecular complexity index is 395. The molecule has 1 atom stereocenters. The van der Waals surface area contributed by atoms with Crippen LogP contribution in [0.15, 0.2) is 0 Å². The molecule has 0 bridgehead atoms. The summed E-state index contributed by atoms with van der Waals surface area (Å²) in [6, 6.07) is 0.233. The molecule has 2 aliphatic rings. The number of nitrogens with one attached hydrogen (secondary N) is 1. The van der Waals surface area contributed by atoms with Gasteiger partial charge in [-0.05, 0) is 19.3 Å². The third-order valence-corrected chi connectivity index (χ3v) is 3.98. The largest absolute Gasteiger partial charge is 0.379 e. The van der Waals surface area contributed by atoms with Crippen LogP contribution < -0.4 is 5.32 Å². The molecule has 0 spiro atoms. The number of likely N-dealkylation sites (tertiary alicyclic amines) is 1. The van der Waals surface area contributed by atoms with Crippen LogP contribution in [-0.2, 0) is 14.3 Å². The second-order valence-electron chi connectivity index (χ2n) is 8.53. The summed E-state index contributed by atoms with van der Waals surface area (Å²) in [5, 5.41) is 2.95. The number of nitrogens with zero attached hydrogens (tertiary/aromatic N) is 1. The topological polar surface area (TPSA) is 58.6 Å². The minimum absolute atomic E-state index is 0.109. The molecule has 2 amide bonds. The van der Waals surface area contributed by atoms with Gasteiger partial charge in [-0.25, -0.2) is 0 Å². The van der Waals surface area contributed by atoms with Crippen molar-refractivity contribution in [3.05, 3.63) is 0 Å². The van der Waals surface area contributed by atoms with Gasteiger partial charge in [-0.1, -0.05) is 41.5 Å². The molecule has 5 nitrogen and oxygen atoms in total. The first-order valence-corrected chi connectivity index (χ1v) is 8.70. The minimum Gasteiger partial charge on any atom is -0.379 e. The maximum absolute atomic E-state index is 11.6. The van der Waals surface area contributed by atoms with Crippen molar-refractivity contribution in [2.45, 2.75) is 66.8 Å². The number of hydrogen-bond donors (Lipinski definition) is 1. The monoisotopic (exact) mass is 326 g/mol. The van der Waals surface area contributed by atoms with Crippen LogP contribution in [0.25, 0.3) is 0 Å². The lowest BCUT2D eigenvalue weighted by Crippen LogP contribution is -2.41. The van der Waals surface area contributed by atoms with Gasteiger partial charge in [0.05, 0.1) is 12.6 Å². The highest BCUT2D eigenvalue weighted by Gasteiger charge is 2.28. The minimum atomic E-state index is -0.289. The Balaban J connectivity index is 0.000000231. The smallest absolute Gasteiger partial charge is 0.227 e. The Labute approximate surface area is 141 Å². The molecule has 0 aliphatic carbocycles. The standard InChI is InChI=1S/C9H17NO2.C9H17NO/c1-9(2,3)8(11)10-7-4-5-12-6-7;1-9(2,3)8(11)10-6-4-5-7-10/h7H,4-6H2,1-3H3,(H,10,11);4-7H2,1-3H3. The van der Waals surface area contributed by atoms with Crippen molar-refractivity contribution in [2.24, 2.45) is 10.8 Å². The fourth-order valence-electron chi connectivity index (χ4n) is 2.44. The fraction of sp³-hybridized carbons (Fsp3) is 0.889. The predicted octanol–water partition coefficient (Wildman–Crippen LogP) is 2.59. The zero-order chi connectivity index (χ0) is 17.7. The van der Waals surface area contributed by atoms with E-state index in [1.54, 1.807) is 0 Å². The lowest BCUT2D eigenvalue weighted by molar-refractivity contribution is -0.138. The summed E-state index contributed by atoms with van der Waals surface area (Å²) in [5.41, 5.74) is -0.479. The number of carbonyl (C=O) groups excluding carboxylic acids is 2. The van der Waals surface area contributed by atoms with Crippen LogP contribution in [0.5, 0.6) is 0 Å². The van der Waals surface area contributed by atoms with E-state index in [4.69, 9.17) is 4.74 Å². The molecule has 2 saturated heterocycles. The van der Waals surface area contributed by atoms with E-state index in [0.717, 1.165) is 26.1 Å². The lowest BCUT2D eigenvalue weighted by Gasteiger charge is -2.25. The molecule has 2 heterocycles. The van der Waals surface area contributed by atoms with Gasteiger partial charge in [0.25, 0.3) is 0 Å². The van der Waals surface area contributed by atoms with Crippen LogP contribution in [-0.4, -0.2) is 49.1 Å². The Morgan fingerprint density at radius 1 is 1.00 bits per heavy atom. The predicted molar refractivity (Wildman–Crippen MR) is 92.1 cm³/mol. The van der Waals surface area contributed by atoms with Gasteiger partial charge in [0, 0.05) is 30.5 Å². The Kier molecular flexibility index (Phi) is 7.05. The van der Waals surface area contributed by atoms with Crippen molar-refractivity contribution in [1.29, 1.82) is 0 Å². The Morgan fingerprint density at radius 3 is 1.96 bits per heavy atom. The second kappa shape index (κ2) is 8.13. The first-order valence-electron chi connectivity index (χ1n) is 8.70. The van der Waals surface area contributed by atoms with Crippen LogP contribution in [0, 0.1) is 10.8 Å². The molecule has 0 aromatic carbocycles. The molecule has 1 unspecified atom stereocenters. The van der Waals surface area contributed by atoms with Crippen molar-refractivity contribution >= 4 is 11.8 Å². The SMILES string of the molecule is CC(C)(C)C(=O)N1CCCC1.CC(C)(C)C(=O)NC1CCOC1. The van der Waals surface area contributed by atoms with Gasteiger partial charge in [0.2, 0.25) is 11.8 Å². The van der Waals surface area contributed by atoms with Gasteiger partial charge in [-0.3, -0.25) is 9.59 Å². The molecule has 23 heavy (non-hydrogen) atoms. The molecule has 2 rings (SSSR count). The zero-order valence-electron chi connectivity index (χ0n) is 15.7. The second-order valence-corrected chi connectivity index (χ2v) is 8.53. The van der Waals surface area contributed by atoms with Gasteiger partial charge in [-0.2, -0.15) is 0 Å². The molecular formula is C18H34N2O3. The van der Waals surface area contributed by atoms with Crippen molar-refractivity contribution < 1.29 is 14.3 Å². The number of rotatable bonds is 1. The highest BCUT2D eigenvalue weighted by atomic mass is 16.5. The van der Waals surface area contributed by atoms with Crippen LogP contribution in [0.4, 0.5) is 0 Å². The fourth-order valence-corrected chi connectivity index (χ4v) is 2.44. The summed E-state index contributed by atoms with van der Waals surface area (Å²) < 4.78 is 5.16. The molecular weight excluding hydrogens is 292 g/mol. The van der Waals surface area contributed by atoms with Crippen LogP contribution in [0.1, 0.15) is 60.8 Å². The van der Waals surface area contributed by atoms with Crippen molar-refractivity contribution in [2.75, 3.05) is 26.3 Å². The first kappa shape index (κ1) is 19.9. The summed E-state index contributed by atoms with van der Waals surface area (Å²) in [5.74, 6) is 0.410. The van der Waals surface area contributed by atoms with E-state index in [-0.39, 0.29) is 22.8 Å². The van der Waals surface area contributed by atoms with Crippen molar-refractivity contribution in [3.8, 4) is 0 Å². The van der Waals surface area contributed by atoms with E-state index in [0.29, 0.717) is 12.5 Å². The first-order chi connectivity index (χ1) is 10.5. The number of amides is 2. The van der Waals surface area contributed by atoms with E-state index in [9.17, 15) is 9.59 Å². The Morgan fingerprint density at radius 2 is 1.57 bits per heavy atom. The quantitative estimate of drug-likeness (QED) is 0.806. The van der Waals surface area contributed by atoms with Crippen LogP contribution >= 0.6 is 0 Å². The molecule has 134 valence electrons. The normalized spacial score (nSPS) is 21.7. The van der Waals surface area contributed by atoms with Crippen molar-refractivity contribution in [1.82, 2.24) is 10.2 Å². The summed E-state index contributed by atoms with van der Waals surface area (Å²) >= 11 is 0. The molecule has 0 aromatic heterocycles. The third-order valence-electron chi connectivity index (χ3n) is 3.98. The highest BCUT2D eigenvalue weighted by Crippen LogP contribution is 2.20. The average Bonchev–Trinajstić information content (AvgIpc) is 3.09. The molecule has 2 fully saturated rings. The molecule has 5 heteroatoms. The van der Waals surface area contributed by atoms with E-state index < -0.39 is 0 Å². The zero-order valence-corrected chi connectivity index (χ0v) is 15.7. The van der Waals surface area contributed by atoms with Crippen LogP contribution in [0.3, 0.4) is 0 Å². The number of carbonyl (C=O) groups is 2. The highest BCUT2D eigenvalue weighted by molar-refractivity contribution is 5.82. The maximum Gasteiger partial charge on any atom is 0.227 e. The van der Waals surface area contributed by atoms with E-state index >= 15 is 0 Å². The van der Waals surface area contributed by atoms with Gasteiger partial charge < -0.3 is 15.0 Å². The van der Waals surface area contributed by atoms with Crippen molar-refractivity contribution in [3.63, 3.8) is 0 Å². The summed E-state index contributed by atoms with van der Waals surface area (Å²) in [6.45, 7) is 15.1. The van der Waals surface area contributed by atoms with Gasteiger partial charge in [-0.15, -0.1) is 0 Å². The average molecular weight is 326 g/mol. The lowest BCUT2D eigenvalue weighted by atomic mass is 9.95. The molecule has 0 aromatic rings. The van der Waals surface area contributed by atoms with E-state index in [2.05, 4.69) is 5.32 Å². The van der Waals surface area contributed by atoms with Crippen LogP contribution in [0.2, 0.25) is 0 Å². The van der Waals surface area contributed by atoms with Gasteiger partial charge in [0.15, 0.2) is 0 Å². The summed E-state index contributed by atoms with van der Waals surface area (Å²) in [6.07, 6.45) is 3.31. The Hall–Kier alpha value is -1.10. The number of ether oxygens (including phenoxy) is 1.